The Balaban J connectivity index is 1.57. The zero-order chi connectivity index (χ0) is 17.8. The Bertz CT molecular complexity index is 861. The van der Waals surface area contributed by atoms with E-state index in [1.54, 1.807) is 23.5 Å². The summed E-state index contributed by atoms with van der Waals surface area (Å²) >= 11 is 1.61. The fourth-order valence-corrected chi connectivity index (χ4v) is 3.56. The molecule has 0 saturated heterocycles. The monoisotopic (exact) mass is 358 g/mol. The molecular weight excluding hydrogens is 339 g/mol. The molecule has 4 nitrogen and oxygen atoms in total. The molecule has 1 aromatic heterocycles. The van der Waals surface area contributed by atoms with Gasteiger partial charge in [0, 0.05) is 12.8 Å². The first kappa shape index (κ1) is 17.4. The van der Waals surface area contributed by atoms with Crippen LogP contribution in [0.1, 0.15) is 30.0 Å². The summed E-state index contributed by atoms with van der Waals surface area (Å²) in [7, 11) is 1.42. The van der Waals surface area contributed by atoms with Crippen LogP contribution in [-0.2, 0) is 11.2 Å². The first-order valence-electron chi connectivity index (χ1n) is 8.04. The van der Waals surface area contributed by atoms with Crippen LogP contribution in [0.15, 0.2) is 42.5 Å². The fraction of sp³-hybridized carbons (Fsp3) is 0.263. The molecule has 1 heterocycles. The summed E-state index contributed by atoms with van der Waals surface area (Å²) in [6.07, 6.45) is 0.942. The lowest BCUT2D eigenvalue weighted by Gasteiger charge is -2.15. The summed E-state index contributed by atoms with van der Waals surface area (Å²) in [4.78, 5) is 16.7. The van der Waals surface area contributed by atoms with Gasteiger partial charge in [0.2, 0.25) is 5.91 Å². The zero-order valence-corrected chi connectivity index (χ0v) is 14.9. The Kier molecular flexibility index (Phi) is 5.28. The number of aryl methyl sites for hydroxylation is 1. The second kappa shape index (κ2) is 7.61. The number of benzene rings is 2. The lowest BCUT2D eigenvalue weighted by atomic mass is 10.1. The van der Waals surface area contributed by atoms with Crippen LogP contribution in [0.3, 0.4) is 0 Å². The van der Waals surface area contributed by atoms with Gasteiger partial charge in [0.1, 0.15) is 0 Å². The molecule has 0 unspecified atom stereocenters. The van der Waals surface area contributed by atoms with Gasteiger partial charge in [-0.25, -0.2) is 9.37 Å². The van der Waals surface area contributed by atoms with Gasteiger partial charge in [0.05, 0.1) is 28.4 Å². The highest BCUT2D eigenvalue weighted by Gasteiger charge is 2.13. The molecule has 130 valence electrons. The van der Waals surface area contributed by atoms with E-state index >= 15 is 0 Å². The van der Waals surface area contributed by atoms with E-state index in [1.807, 2.05) is 31.2 Å². The maximum Gasteiger partial charge on any atom is 0.220 e. The van der Waals surface area contributed by atoms with Gasteiger partial charge in [-0.2, -0.15) is 0 Å². The maximum atomic E-state index is 13.8. The van der Waals surface area contributed by atoms with E-state index in [0.717, 1.165) is 15.2 Å². The molecule has 25 heavy (non-hydrogen) atoms. The zero-order valence-electron chi connectivity index (χ0n) is 14.1. The molecule has 0 fully saturated rings. The molecular formula is C19H19FN2O2S. The van der Waals surface area contributed by atoms with Crippen LogP contribution in [0.4, 0.5) is 4.39 Å². The molecule has 0 aliphatic carbocycles. The van der Waals surface area contributed by atoms with Gasteiger partial charge in [-0.3, -0.25) is 4.79 Å². The van der Waals surface area contributed by atoms with Crippen LogP contribution in [0, 0.1) is 5.82 Å². The average molecular weight is 358 g/mol. The second-order valence-electron chi connectivity index (χ2n) is 5.76. The number of thiazole rings is 1. The summed E-state index contributed by atoms with van der Waals surface area (Å²) in [5.74, 6) is -0.323. The van der Waals surface area contributed by atoms with Crippen molar-refractivity contribution in [3.63, 3.8) is 0 Å². The van der Waals surface area contributed by atoms with Crippen molar-refractivity contribution in [1.29, 1.82) is 0 Å². The van der Waals surface area contributed by atoms with E-state index in [9.17, 15) is 9.18 Å². The molecule has 0 radical (unpaired) electrons. The van der Waals surface area contributed by atoms with E-state index in [1.165, 1.54) is 13.2 Å². The SMILES string of the molecule is COc1ccc([C@@H](C)NC(=O)CCc2nc3ccccc3s2)cc1F. The molecule has 1 atom stereocenters. The number of carbonyl (C=O) groups excluding carboxylic acids is 1. The van der Waals surface area contributed by atoms with E-state index < -0.39 is 5.82 Å². The van der Waals surface area contributed by atoms with Crippen LogP contribution in [0.25, 0.3) is 10.2 Å². The van der Waals surface area contributed by atoms with Crippen molar-refractivity contribution in [2.24, 2.45) is 0 Å². The number of carbonyl (C=O) groups is 1. The van der Waals surface area contributed by atoms with Crippen LogP contribution in [0.5, 0.6) is 5.75 Å². The summed E-state index contributed by atoms with van der Waals surface area (Å²) < 4.78 is 19.8. The predicted molar refractivity (Wildman–Crippen MR) is 97.5 cm³/mol. The summed E-state index contributed by atoms with van der Waals surface area (Å²) in [6, 6.07) is 12.3. The number of para-hydroxylation sites is 1. The quantitative estimate of drug-likeness (QED) is 0.716. The summed E-state index contributed by atoms with van der Waals surface area (Å²) in [5.41, 5.74) is 1.66. The lowest BCUT2D eigenvalue weighted by Crippen LogP contribution is -2.26. The number of hydrogen-bond acceptors (Lipinski definition) is 4. The van der Waals surface area contributed by atoms with Gasteiger partial charge < -0.3 is 10.1 Å². The topological polar surface area (TPSA) is 51.2 Å². The maximum absolute atomic E-state index is 13.8. The highest BCUT2D eigenvalue weighted by molar-refractivity contribution is 7.18. The smallest absolute Gasteiger partial charge is 0.220 e. The van der Waals surface area contributed by atoms with Gasteiger partial charge in [0.25, 0.3) is 0 Å². The standard InChI is InChI=1S/C19H19FN2O2S/c1-12(13-7-8-16(24-2)14(20)11-13)21-18(23)9-10-19-22-15-5-3-4-6-17(15)25-19/h3-8,11-12H,9-10H2,1-2H3,(H,21,23)/t12-/m1/s1. The fourth-order valence-electron chi connectivity index (χ4n) is 2.60. The molecule has 0 aliphatic rings. The molecule has 1 amide bonds. The van der Waals surface area contributed by atoms with Gasteiger partial charge in [-0.15, -0.1) is 11.3 Å². The van der Waals surface area contributed by atoms with Crippen molar-refractivity contribution in [2.45, 2.75) is 25.8 Å². The largest absolute Gasteiger partial charge is 0.494 e. The number of amides is 1. The second-order valence-corrected chi connectivity index (χ2v) is 6.87. The van der Waals surface area contributed by atoms with Crippen molar-refractivity contribution in [2.75, 3.05) is 7.11 Å². The Labute approximate surface area is 149 Å². The number of hydrogen-bond donors (Lipinski definition) is 1. The molecule has 6 heteroatoms. The average Bonchev–Trinajstić information content (AvgIpc) is 3.03. The molecule has 0 aliphatic heterocycles. The summed E-state index contributed by atoms with van der Waals surface area (Å²) in [6.45, 7) is 1.83. The van der Waals surface area contributed by atoms with E-state index in [4.69, 9.17) is 4.74 Å². The predicted octanol–water partition coefficient (Wildman–Crippen LogP) is 4.25. The van der Waals surface area contributed by atoms with Crippen molar-refractivity contribution in [3.05, 3.63) is 58.9 Å². The number of aromatic nitrogens is 1. The highest BCUT2D eigenvalue weighted by Crippen LogP contribution is 2.23. The third-order valence-electron chi connectivity index (χ3n) is 3.96. The minimum absolute atomic E-state index is 0.0806. The molecule has 0 spiro atoms. The van der Waals surface area contributed by atoms with E-state index in [-0.39, 0.29) is 17.7 Å². The molecule has 0 bridgehead atoms. The number of methoxy groups -OCH3 is 1. The molecule has 3 aromatic rings. The van der Waals surface area contributed by atoms with Crippen molar-refractivity contribution in [1.82, 2.24) is 10.3 Å². The normalized spacial score (nSPS) is 12.1. The highest BCUT2D eigenvalue weighted by atomic mass is 32.1. The van der Waals surface area contributed by atoms with Crippen LogP contribution >= 0.6 is 11.3 Å². The molecule has 3 rings (SSSR count). The Morgan fingerprint density at radius 1 is 1.32 bits per heavy atom. The van der Waals surface area contributed by atoms with Gasteiger partial charge in [0.15, 0.2) is 11.6 Å². The third kappa shape index (κ3) is 4.14. The number of halogens is 1. The minimum atomic E-state index is -0.435. The minimum Gasteiger partial charge on any atom is -0.494 e. The Morgan fingerprint density at radius 3 is 2.84 bits per heavy atom. The number of ether oxygens (including phenoxy) is 1. The summed E-state index contributed by atoms with van der Waals surface area (Å²) in [5, 5.41) is 3.84. The van der Waals surface area contributed by atoms with Crippen LogP contribution in [0.2, 0.25) is 0 Å². The van der Waals surface area contributed by atoms with Gasteiger partial charge in [-0.05, 0) is 36.8 Å². The first-order valence-corrected chi connectivity index (χ1v) is 8.85. The number of nitrogens with zero attached hydrogens (tertiary/aromatic N) is 1. The van der Waals surface area contributed by atoms with Crippen molar-refractivity contribution >= 4 is 27.5 Å². The van der Waals surface area contributed by atoms with Crippen LogP contribution in [-0.4, -0.2) is 18.0 Å². The number of fused-ring (bicyclic) bond motifs is 1. The molecule has 1 N–H and O–H groups in total. The van der Waals surface area contributed by atoms with Crippen LogP contribution < -0.4 is 10.1 Å². The first-order chi connectivity index (χ1) is 12.1. The Hall–Kier alpha value is -2.47. The number of rotatable bonds is 6. The molecule has 0 saturated carbocycles. The third-order valence-corrected chi connectivity index (χ3v) is 5.05. The Morgan fingerprint density at radius 2 is 2.12 bits per heavy atom. The van der Waals surface area contributed by atoms with E-state index in [0.29, 0.717) is 18.4 Å². The molecule has 2 aromatic carbocycles. The van der Waals surface area contributed by atoms with Crippen molar-refractivity contribution in [3.8, 4) is 5.75 Å². The lowest BCUT2D eigenvalue weighted by molar-refractivity contribution is -0.121. The van der Waals surface area contributed by atoms with Gasteiger partial charge >= 0.3 is 0 Å². The van der Waals surface area contributed by atoms with Gasteiger partial charge in [-0.1, -0.05) is 18.2 Å². The number of nitrogens with one attached hydrogen (secondary N) is 1. The van der Waals surface area contributed by atoms with Crippen molar-refractivity contribution < 1.29 is 13.9 Å². The van der Waals surface area contributed by atoms with E-state index in [2.05, 4.69) is 10.3 Å².